The van der Waals surface area contributed by atoms with Crippen molar-refractivity contribution in [2.75, 3.05) is 6.54 Å². The molecule has 1 fully saturated rings. The molecule has 1 aliphatic rings. The second-order valence-corrected chi connectivity index (χ2v) is 7.25. The highest BCUT2D eigenvalue weighted by atomic mass is 16.2. The molecular formula is C23H24N4O2. The average molecular weight is 388 g/mol. The second-order valence-electron chi connectivity index (χ2n) is 7.25. The Morgan fingerprint density at radius 3 is 2.17 bits per heavy atom. The average Bonchev–Trinajstić information content (AvgIpc) is 3.60. The molecule has 1 heterocycles. The summed E-state index contributed by atoms with van der Waals surface area (Å²) in [6, 6.07) is 22.5. The predicted molar refractivity (Wildman–Crippen MR) is 112 cm³/mol. The summed E-state index contributed by atoms with van der Waals surface area (Å²) in [6.45, 7) is 0.664. The van der Waals surface area contributed by atoms with Gasteiger partial charge in [-0.25, -0.2) is 9.48 Å². The Hall–Kier alpha value is -3.41. The number of hydrogen-bond donors (Lipinski definition) is 2. The van der Waals surface area contributed by atoms with Crippen LogP contribution in [0.4, 0.5) is 4.79 Å². The molecule has 0 radical (unpaired) electrons. The molecule has 6 nitrogen and oxygen atoms in total. The molecule has 0 atom stereocenters. The summed E-state index contributed by atoms with van der Waals surface area (Å²) in [5.74, 6) is 0.482. The first kappa shape index (κ1) is 18.9. The van der Waals surface area contributed by atoms with Crippen LogP contribution in [0.3, 0.4) is 0 Å². The first-order chi connectivity index (χ1) is 14.2. The van der Waals surface area contributed by atoms with Crippen LogP contribution in [0.5, 0.6) is 0 Å². The van der Waals surface area contributed by atoms with Crippen molar-refractivity contribution in [3.05, 3.63) is 100.0 Å². The SMILES string of the molecule is O=C(NCCn1nc(C2CC2)ccc1=O)NC(c1ccccc1)c1ccccc1. The molecule has 3 aromatic rings. The van der Waals surface area contributed by atoms with E-state index in [1.165, 1.54) is 4.68 Å². The van der Waals surface area contributed by atoms with Gasteiger partial charge in [-0.3, -0.25) is 4.79 Å². The molecule has 1 aliphatic carbocycles. The van der Waals surface area contributed by atoms with Crippen molar-refractivity contribution in [3.63, 3.8) is 0 Å². The van der Waals surface area contributed by atoms with E-state index in [0.717, 1.165) is 29.7 Å². The summed E-state index contributed by atoms with van der Waals surface area (Å²) in [5.41, 5.74) is 2.82. The van der Waals surface area contributed by atoms with Gasteiger partial charge in [-0.2, -0.15) is 5.10 Å². The molecule has 0 aliphatic heterocycles. The fourth-order valence-electron chi connectivity index (χ4n) is 3.33. The molecule has 0 bridgehead atoms. The van der Waals surface area contributed by atoms with Gasteiger partial charge in [0.15, 0.2) is 0 Å². The molecule has 2 amide bonds. The van der Waals surface area contributed by atoms with Gasteiger partial charge >= 0.3 is 6.03 Å². The van der Waals surface area contributed by atoms with Crippen LogP contribution in [-0.2, 0) is 6.54 Å². The summed E-state index contributed by atoms with van der Waals surface area (Å²) in [4.78, 5) is 24.5. The third kappa shape index (κ3) is 4.90. The van der Waals surface area contributed by atoms with Crippen LogP contribution in [0.2, 0.25) is 0 Å². The smallest absolute Gasteiger partial charge is 0.315 e. The van der Waals surface area contributed by atoms with Crippen molar-refractivity contribution >= 4 is 6.03 Å². The van der Waals surface area contributed by atoms with E-state index in [2.05, 4.69) is 15.7 Å². The normalized spacial score (nSPS) is 13.3. The van der Waals surface area contributed by atoms with Crippen molar-refractivity contribution in [3.8, 4) is 0 Å². The van der Waals surface area contributed by atoms with E-state index < -0.39 is 0 Å². The Morgan fingerprint density at radius 2 is 1.59 bits per heavy atom. The summed E-state index contributed by atoms with van der Waals surface area (Å²) in [5, 5.41) is 10.3. The highest BCUT2D eigenvalue weighted by molar-refractivity contribution is 5.75. The monoisotopic (exact) mass is 388 g/mol. The van der Waals surface area contributed by atoms with Crippen LogP contribution in [0.15, 0.2) is 77.6 Å². The fourth-order valence-corrected chi connectivity index (χ4v) is 3.33. The molecule has 0 spiro atoms. The Kier molecular flexibility index (Phi) is 5.70. The predicted octanol–water partition coefficient (Wildman–Crippen LogP) is 3.21. The van der Waals surface area contributed by atoms with E-state index in [-0.39, 0.29) is 17.6 Å². The van der Waals surface area contributed by atoms with Crippen LogP contribution >= 0.6 is 0 Å². The maximum absolute atomic E-state index is 12.5. The molecule has 29 heavy (non-hydrogen) atoms. The Morgan fingerprint density at radius 1 is 0.966 bits per heavy atom. The maximum Gasteiger partial charge on any atom is 0.315 e. The maximum atomic E-state index is 12.5. The van der Waals surface area contributed by atoms with Gasteiger partial charge in [-0.15, -0.1) is 0 Å². The number of nitrogens with one attached hydrogen (secondary N) is 2. The molecule has 148 valence electrons. The highest BCUT2D eigenvalue weighted by Crippen LogP contribution is 2.38. The largest absolute Gasteiger partial charge is 0.336 e. The van der Waals surface area contributed by atoms with Gasteiger partial charge in [0.05, 0.1) is 18.3 Å². The molecule has 0 saturated heterocycles. The van der Waals surface area contributed by atoms with Crippen LogP contribution in [0.25, 0.3) is 0 Å². The first-order valence-electron chi connectivity index (χ1n) is 9.93. The van der Waals surface area contributed by atoms with Gasteiger partial charge in [0.25, 0.3) is 5.56 Å². The van der Waals surface area contributed by atoms with Gasteiger partial charge in [0.1, 0.15) is 0 Å². The highest BCUT2D eigenvalue weighted by Gasteiger charge is 2.25. The molecule has 4 rings (SSSR count). The molecular weight excluding hydrogens is 364 g/mol. The van der Waals surface area contributed by atoms with E-state index in [0.29, 0.717) is 19.0 Å². The quantitative estimate of drug-likeness (QED) is 0.653. The van der Waals surface area contributed by atoms with E-state index in [1.807, 2.05) is 60.7 Å². The molecule has 1 aromatic heterocycles. The minimum Gasteiger partial charge on any atom is -0.336 e. The number of carbonyl (C=O) groups excluding carboxylic acids is 1. The van der Waals surface area contributed by atoms with Gasteiger partial charge in [-0.1, -0.05) is 60.7 Å². The van der Waals surface area contributed by atoms with E-state index in [4.69, 9.17) is 0 Å². The van der Waals surface area contributed by atoms with Gasteiger partial charge < -0.3 is 10.6 Å². The standard InChI is InChI=1S/C23H24N4O2/c28-21-14-13-20(17-11-12-17)26-27(21)16-15-24-23(29)25-22(18-7-3-1-4-8-18)19-9-5-2-6-10-19/h1-10,13-14,17,22H,11-12,15-16H2,(H2,24,25,29). The Balaban J connectivity index is 1.39. The summed E-state index contributed by atoms with van der Waals surface area (Å²) >= 11 is 0. The lowest BCUT2D eigenvalue weighted by molar-refractivity contribution is 0.238. The lowest BCUT2D eigenvalue weighted by Gasteiger charge is -2.20. The lowest BCUT2D eigenvalue weighted by atomic mass is 9.99. The molecule has 0 unspecified atom stereocenters. The van der Waals surface area contributed by atoms with Crippen LogP contribution in [0, 0.1) is 0 Å². The number of benzene rings is 2. The zero-order chi connectivity index (χ0) is 20.1. The van der Waals surface area contributed by atoms with Crippen molar-refractivity contribution < 1.29 is 4.79 Å². The van der Waals surface area contributed by atoms with E-state index in [9.17, 15) is 9.59 Å². The minimum absolute atomic E-state index is 0.150. The van der Waals surface area contributed by atoms with Gasteiger partial charge in [-0.05, 0) is 30.0 Å². The Labute approximate surface area is 169 Å². The number of aromatic nitrogens is 2. The third-order valence-corrected chi connectivity index (χ3v) is 5.03. The van der Waals surface area contributed by atoms with E-state index >= 15 is 0 Å². The van der Waals surface area contributed by atoms with Crippen molar-refractivity contribution in [1.82, 2.24) is 20.4 Å². The number of hydrogen-bond acceptors (Lipinski definition) is 3. The number of nitrogens with zero attached hydrogens (tertiary/aromatic N) is 2. The summed E-state index contributed by atoms with van der Waals surface area (Å²) < 4.78 is 1.43. The molecule has 1 saturated carbocycles. The van der Waals surface area contributed by atoms with Crippen LogP contribution in [-0.4, -0.2) is 22.4 Å². The number of urea groups is 1. The van der Waals surface area contributed by atoms with Crippen LogP contribution < -0.4 is 16.2 Å². The lowest BCUT2D eigenvalue weighted by Crippen LogP contribution is -2.40. The molecule has 6 heteroatoms. The van der Waals surface area contributed by atoms with E-state index in [1.54, 1.807) is 12.1 Å². The summed E-state index contributed by atoms with van der Waals surface area (Å²) in [7, 11) is 0. The third-order valence-electron chi connectivity index (χ3n) is 5.03. The number of carbonyl (C=O) groups is 1. The summed E-state index contributed by atoms with van der Waals surface area (Å²) in [6.07, 6.45) is 2.26. The van der Waals surface area contributed by atoms with Crippen molar-refractivity contribution in [1.29, 1.82) is 0 Å². The van der Waals surface area contributed by atoms with Crippen molar-refractivity contribution in [2.24, 2.45) is 0 Å². The number of amides is 2. The Bertz CT molecular complexity index is 974. The van der Waals surface area contributed by atoms with Crippen molar-refractivity contribution in [2.45, 2.75) is 31.3 Å². The zero-order valence-electron chi connectivity index (χ0n) is 16.1. The van der Waals surface area contributed by atoms with Gasteiger partial charge in [0, 0.05) is 18.5 Å². The van der Waals surface area contributed by atoms with Gasteiger partial charge in [0.2, 0.25) is 0 Å². The topological polar surface area (TPSA) is 76.0 Å². The molecule has 2 aromatic carbocycles. The number of rotatable bonds is 7. The minimum atomic E-state index is -0.283. The molecule has 2 N–H and O–H groups in total. The second kappa shape index (κ2) is 8.73. The first-order valence-corrected chi connectivity index (χ1v) is 9.93. The zero-order valence-corrected chi connectivity index (χ0v) is 16.1. The van der Waals surface area contributed by atoms with Crippen LogP contribution in [0.1, 0.15) is 41.6 Å². The fraction of sp³-hybridized carbons (Fsp3) is 0.261.